The predicted octanol–water partition coefficient (Wildman–Crippen LogP) is 3.72. The summed E-state index contributed by atoms with van der Waals surface area (Å²) in [6.45, 7) is 7.79. The van der Waals surface area contributed by atoms with E-state index in [4.69, 9.17) is 0 Å². The third kappa shape index (κ3) is 5.31. The van der Waals surface area contributed by atoms with Gasteiger partial charge in [-0.05, 0) is 40.8 Å². The number of hydrogen-bond donors (Lipinski definition) is 1. The van der Waals surface area contributed by atoms with Crippen LogP contribution < -0.4 is 5.32 Å². The van der Waals surface area contributed by atoms with Crippen LogP contribution in [0, 0.1) is 0 Å². The molecule has 1 heterocycles. The van der Waals surface area contributed by atoms with E-state index in [1.807, 2.05) is 36.4 Å². The number of nitrogens with one attached hydrogen (secondary N) is 1. The van der Waals surface area contributed by atoms with E-state index in [0.29, 0.717) is 43.6 Å². The molecule has 29 heavy (non-hydrogen) atoms. The molecule has 152 valence electrons. The maximum absolute atomic E-state index is 12.5. The van der Waals surface area contributed by atoms with E-state index in [0.717, 1.165) is 5.56 Å². The number of rotatable bonds is 4. The van der Waals surface area contributed by atoms with Gasteiger partial charge in [0.05, 0.1) is 0 Å². The molecule has 1 aliphatic heterocycles. The van der Waals surface area contributed by atoms with Crippen LogP contribution in [0.3, 0.4) is 0 Å². The third-order valence-electron chi connectivity index (χ3n) is 5.28. The number of hydrogen-bond acceptors (Lipinski definition) is 3. The zero-order valence-electron chi connectivity index (χ0n) is 17.3. The number of piperidine rings is 1. The van der Waals surface area contributed by atoms with E-state index >= 15 is 0 Å². The van der Waals surface area contributed by atoms with Gasteiger partial charge < -0.3 is 10.2 Å². The summed E-state index contributed by atoms with van der Waals surface area (Å²) < 4.78 is 0. The molecule has 1 fully saturated rings. The second kappa shape index (κ2) is 8.60. The molecule has 1 aliphatic rings. The lowest BCUT2D eigenvalue weighted by molar-refractivity contribution is -0.120. The Labute approximate surface area is 172 Å². The molecule has 0 unspecified atom stereocenters. The van der Waals surface area contributed by atoms with Crippen molar-refractivity contribution >= 4 is 17.6 Å². The highest BCUT2D eigenvalue weighted by molar-refractivity contribution is 5.96. The highest BCUT2D eigenvalue weighted by Crippen LogP contribution is 2.22. The van der Waals surface area contributed by atoms with Crippen molar-refractivity contribution in [2.45, 2.75) is 45.6 Å². The maximum Gasteiger partial charge on any atom is 0.253 e. The van der Waals surface area contributed by atoms with Crippen LogP contribution in [0.1, 0.15) is 65.5 Å². The minimum atomic E-state index is -0.122. The highest BCUT2D eigenvalue weighted by Gasteiger charge is 2.21. The largest absolute Gasteiger partial charge is 0.348 e. The lowest BCUT2D eigenvalue weighted by atomic mass is 9.87. The number of carbonyl (C=O) groups is 3. The molecular weight excluding hydrogens is 364 g/mol. The minimum absolute atomic E-state index is 0.0491. The van der Waals surface area contributed by atoms with Crippen molar-refractivity contribution < 1.29 is 14.4 Å². The molecule has 0 radical (unpaired) electrons. The standard InChI is InChI=1S/C24H28N2O3/c1-24(2,3)20-10-8-18(9-11-20)22(28)25-16-17-4-6-19(7-5-17)23(29)26-14-12-21(27)13-15-26/h4-11H,12-16H2,1-3H3,(H,25,28). The van der Waals surface area contributed by atoms with Gasteiger partial charge in [-0.3, -0.25) is 14.4 Å². The Bertz CT molecular complexity index is 883. The Hall–Kier alpha value is -2.95. The Morgan fingerprint density at radius 1 is 0.897 bits per heavy atom. The summed E-state index contributed by atoms with van der Waals surface area (Å²) in [5.74, 6) is 0.0452. The summed E-state index contributed by atoms with van der Waals surface area (Å²) in [6, 6.07) is 14.9. The van der Waals surface area contributed by atoms with E-state index in [9.17, 15) is 14.4 Å². The molecule has 0 aromatic heterocycles. The molecule has 0 aliphatic carbocycles. The van der Waals surface area contributed by atoms with Crippen LogP contribution in [-0.2, 0) is 16.8 Å². The first-order valence-electron chi connectivity index (χ1n) is 10.0. The van der Waals surface area contributed by atoms with Crippen LogP contribution >= 0.6 is 0 Å². The van der Waals surface area contributed by atoms with Gasteiger partial charge in [0, 0.05) is 43.6 Å². The Kier molecular flexibility index (Phi) is 6.16. The van der Waals surface area contributed by atoms with Crippen molar-refractivity contribution in [2.24, 2.45) is 0 Å². The van der Waals surface area contributed by atoms with E-state index in [2.05, 4.69) is 26.1 Å². The number of Topliss-reactive ketones (excluding diaryl/α,β-unsaturated/α-hetero) is 1. The number of nitrogens with zero attached hydrogens (tertiary/aromatic N) is 1. The summed E-state index contributed by atoms with van der Waals surface area (Å²) >= 11 is 0. The number of amides is 2. The summed E-state index contributed by atoms with van der Waals surface area (Å²) in [5.41, 5.74) is 3.40. The van der Waals surface area contributed by atoms with Crippen LogP contribution in [0.4, 0.5) is 0 Å². The fraction of sp³-hybridized carbons (Fsp3) is 0.375. The van der Waals surface area contributed by atoms with Crippen molar-refractivity contribution in [3.8, 4) is 0 Å². The van der Waals surface area contributed by atoms with Crippen molar-refractivity contribution in [3.05, 3.63) is 70.8 Å². The molecule has 5 nitrogen and oxygen atoms in total. The number of ketones is 1. The topological polar surface area (TPSA) is 66.5 Å². The molecule has 1 N–H and O–H groups in total. The second-order valence-electron chi connectivity index (χ2n) is 8.54. The van der Waals surface area contributed by atoms with Gasteiger partial charge in [0.2, 0.25) is 0 Å². The van der Waals surface area contributed by atoms with Gasteiger partial charge in [-0.1, -0.05) is 45.0 Å². The Balaban J connectivity index is 1.55. The first-order chi connectivity index (χ1) is 13.7. The Morgan fingerprint density at radius 3 is 2.00 bits per heavy atom. The zero-order chi connectivity index (χ0) is 21.0. The average molecular weight is 392 g/mol. The summed E-state index contributed by atoms with van der Waals surface area (Å²) in [5, 5.41) is 2.92. The normalized spacial score (nSPS) is 14.6. The number of benzene rings is 2. The molecule has 0 bridgehead atoms. The number of carbonyl (C=O) groups excluding carboxylic acids is 3. The lowest BCUT2D eigenvalue weighted by Gasteiger charge is -2.26. The molecule has 5 heteroatoms. The fourth-order valence-electron chi connectivity index (χ4n) is 3.31. The molecule has 0 spiro atoms. The third-order valence-corrected chi connectivity index (χ3v) is 5.28. The number of likely N-dealkylation sites (tertiary alicyclic amines) is 1. The second-order valence-corrected chi connectivity index (χ2v) is 8.54. The van der Waals surface area contributed by atoms with Gasteiger partial charge in [0.15, 0.2) is 0 Å². The van der Waals surface area contributed by atoms with Crippen LogP contribution in [0.25, 0.3) is 0 Å². The van der Waals surface area contributed by atoms with Gasteiger partial charge in [-0.25, -0.2) is 0 Å². The van der Waals surface area contributed by atoms with Gasteiger partial charge in [0.1, 0.15) is 5.78 Å². The van der Waals surface area contributed by atoms with Crippen molar-refractivity contribution in [1.29, 1.82) is 0 Å². The van der Waals surface area contributed by atoms with Crippen LogP contribution in [0.2, 0.25) is 0 Å². The van der Waals surface area contributed by atoms with Crippen LogP contribution in [0.5, 0.6) is 0 Å². The maximum atomic E-state index is 12.5. The van der Waals surface area contributed by atoms with Gasteiger partial charge in [-0.15, -0.1) is 0 Å². The van der Waals surface area contributed by atoms with Crippen molar-refractivity contribution in [1.82, 2.24) is 10.2 Å². The zero-order valence-corrected chi connectivity index (χ0v) is 17.3. The molecule has 2 amide bonds. The summed E-state index contributed by atoms with van der Waals surface area (Å²) in [6.07, 6.45) is 0.874. The average Bonchev–Trinajstić information content (AvgIpc) is 2.72. The SMILES string of the molecule is CC(C)(C)c1ccc(C(=O)NCc2ccc(C(=O)N3CCC(=O)CC3)cc2)cc1. The molecule has 0 atom stereocenters. The van der Waals surface area contributed by atoms with Crippen LogP contribution in [-0.4, -0.2) is 35.6 Å². The first-order valence-corrected chi connectivity index (χ1v) is 10.0. The summed E-state index contributed by atoms with van der Waals surface area (Å²) in [4.78, 5) is 38.0. The van der Waals surface area contributed by atoms with Gasteiger partial charge >= 0.3 is 0 Å². The quantitative estimate of drug-likeness (QED) is 0.862. The molecule has 3 rings (SSSR count). The van der Waals surface area contributed by atoms with Crippen LogP contribution in [0.15, 0.2) is 48.5 Å². The van der Waals surface area contributed by atoms with E-state index in [1.165, 1.54) is 5.56 Å². The minimum Gasteiger partial charge on any atom is -0.348 e. The molecule has 2 aromatic carbocycles. The smallest absolute Gasteiger partial charge is 0.253 e. The van der Waals surface area contributed by atoms with Gasteiger partial charge in [-0.2, -0.15) is 0 Å². The molecule has 1 saturated heterocycles. The predicted molar refractivity (Wildman–Crippen MR) is 113 cm³/mol. The fourth-order valence-corrected chi connectivity index (χ4v) is 3.31. The van der Waals surface area contributed by atoms with E-state index in [-0.39, 0.29) is 23.0 Å². The van der Waals surface area contributed by atoms with E-state index < -0.39 is 0 Å². The molecule has 0 saturated carbocycles. The first kappa shape index (κ1) is 20.8. The van der Waals surface area contributed by atoms with E-state index in [1.54, 1.807) is 17.0 Å². The van der Waals surface area contributed by atoms with Gasteiger partial charge in [0.25, 0.3) is 11.8 Å². The summed E-state index contributed by atoms with van der Waals surface area (Å²) in [7, 11) is 0. The highest BCUT2D eigenvalue weighted by atomic mass is 16.2. The Morgan fingerprint density at radius 2 is 1.45 bits per heavy atom. The van der Waals surface area contributed by atoms with Crippen molar-refractivity contribution in [2.75, 3.05) is 13.1 Å². The molecular formula is C24H28N2O3. The molecule has 2 aromatic rings. The monoisotopic (exact) mass is 392 g/mol. The lowest BCUT2D eigenvalue weighted by Crippen LogP contribution is -2.38. The van der Waals surface area contributed by atoms with Crippen molar-refractivity contribution in [3.63, 3.8) is 0 Å².